The van der Waals surface area contributed by atoms with Gasteiger partial charge in [0, 0.05) is 5.57 Å². The van der Waals surface area contributed by atoms with Crippen LogP contribution < -0.4 is 10.6 Å². The lowest BCUT2D eigenvalue weighted by Gasteiger charge is -2.24. The highest BCUT2D eigenvalue weighted by Crippen LogP contribution is 2.08. The molecule has 0 aromatic heterocycles. The van der Waals surface area contributed by atoms with Gasteiger partial charge < -0.3 is 5.32 Å². The Bertz CT molecular complexity index is 699. The molecule has 0 spiro atoms. The fourth-order valence-corrected chi connectivity index (χ4v) is 4.21. The van der Waals surface area contributed by atoms with Crippen molar-refractivity contribution in [3.05, 3.63) is 12.2 Å². The summed E-state index contributed by atoms with van der Waals surface area (Å²) < 4.78 is 60.5. The fraction of sp³-hybridized carbons (Fsp3) is 0.824. The predicted octanol–water partition coefficient (Wildman–Crippen LogP) is 1.98. The number of unbranched alkanes of at least 4 members (excludes halogenated alkanes) is 2. The largest absolute Gasteiger partial charge is 0.346 e. The monoisotopic (exact) mass is 444 g/mol. The molecular weight excluding hydrogens is 408 g/mol. The molecule has 0 radical (unpaired) electrons. The normalized spacial score (nSPS) is 13.5. The van der Waals surface area contributed by atoms with Gasteiger partial charge in [-0.1, -0.05) is 40.2 Å². The van der Waals surface area contributed by atoms with E-state index in [2.05, 4.69) is 24.1 Å². The Morgan fingerprint density at radius 3 is 1.93 bits per heavy atom. The SMILES string of the molecule is C=C(C)C(=O)NC(C)(C)CS(=O)(=O)O.CCCCCNC(C(C)C)S(=O)(=O)O. The minimum Gasteiger partial charge on any atom is -0.346 e. The van der Waals surface area contributed by atoms with Crippen LogP contribution >= 0.6 is 0 Å². The maximum Gasteiger partial charge on any atom is 0.281 e. The number of nitrogens with one attached hydrogen (secondary N) is 2. The number of hydrogen-bond donors (Lipinski definition) is 4. The van der Waals surface area contributed by atoms with Gasteiger partial charge in [0.25, 0.3) is 20.2 Å². The number of hydrogen-bond acceptors (Lipinski definition) is 6. The van der Waals surface area contributed by atoms with E-state index in [-0.39, 0.29) is 11.5 Å². The molecule has 168 valence electrons. The first-order chi connectivity index (χ1) is 12.4. The van der Waals surface area contributed by atoms with E-state index in [0.717, 1.165) is 19.3 Å². The van der Waals surface area contributed by atoms with Crippen molar-refractivity contribution in [2.75, 3.05) is 12.3 Å². The lowest BCUT2D eigenvalue weighted by Crippen LogP contribution is -2.48. The molecule has 11 heteroatoms. The van der Waals surface area contributed by atoms with Gasteiger partial charge >= 0.3 is 0 Å². The zero-order valence-corrected chi connectivity index (χ0v) is 19.3. The van der Waals surface area contributed by atoms with E-state index in [1.54, 1.807) is 13.8 Å². The van der Waals surface area contributed by atoms with Crippen molar-refractivity contribution in [1.82, 2.24) is 10.6 Å². The zero-order valence-electron chi connectivity index (χ0n) is 17.6. The molecule has 0 saturated heterocycles. The third kappa shape index (κ3) is 16.0. The summed E-state index contributed by atoms with van der Waals surface area (Å²) >= 11 is 0. The molecule has 4 N–H and O–H groups in total. The number of rotatable bonds is 11. The van der Waals surface area contributed by atoms with Crippen molar-refractivity contribution in [3.8, 4) is 0 Å². The number of carbonyl (C=O) groups is 1. The Balaban J connectivity index is 0. The minimum absolute atomic E-state index is 0.119. The van der Waals surface area contributed by atoms with Crippen LogP contribution in [-0.4, -0.2) is 55.1 Å². The highest BCUT2D eigenvalue weighted by atomic mass is 32.2. The van der Waals surface area contributed by atoms with Crippen molar-refractivity contribution in [2.45, 2.75) is 71.7 Å². The van der Waals surface area contributed by atoms with E-state index in [1.165, 1.54) is 20.8 Å². The maximum atomic E-state index is 11.2. The van der Waals surface area contributed by atoms with Gasteiger partial charge in [0.05, 0.1) is 11.3 Å². The van der Waals surface area contributed by atoms with Crippen LogP contribution in [-0.2, 0) is 25.0 Å². The Hall–Kier alpha value is -1.01. The quantitative estimate of drug-likeness (QED) is 0.215. The second-order valence-corrected chi connectivity index (χ2v) is 10.7. The predicted molar refractivity (Wildman–Crippen MR) is 111 cm³/mol. The van der Waals surface area contributed by atoms with Crippen molar-refractivity contribution < 1.29 is 30.7 Å². The second kappa shape index (κ2) is 12.5. The van der Waals surface area contributed by atoms with E-state index in [1.807, 2.05) is 0 Å². The van der Waals surface area contributed by atoms with Crippen molar-refractivity contribution in [1.29, 1.82) is 0 Å². The second-order valence-electron chi connectivity index (χ2n) is 7.69. The molecule has 1 unspecified atom stereocenters. The first kappa shape index (κ1) is 29.2. The van der Waals surface area contributed by atoms with E-state index in [9.17, 15) is 21.6 Å². The summed E-state index contributed by atoms with van der Waals surface area (Å²) in [6, 6.07) is 0. The number of amides is 1. The maximum absolute atomic E-state index is 11.2. The standard InChI is InChI=1S/C9H21NO3S.C8H15NO4S/c1-4-5-6-7-10-9(8(2)3)14(11,12)13;1-6(2)7(10)9-8(3,4)5-14(11,12)13/h8-10H,4-7H2,1-3H3,(H,11,12,13);1,5H2,2-4H3,(H,9,10)(H,11,12,13). The van der Waals surface area contributed by atoms with Crippen LogP contribution in [0.3, 0.4) is 0 Å². The van der Waals surface area contributed by atoms with E-state index >= 15 is 0 Å². The van der Waals surface area contributed by atoms with E-state index in [0.29, 0.717) is 6.54 Å². The Morgan fingerprint density at radius 1 is 1.11 bits per heavy atom. The molecule has 0 aliphatic heterocycles. The first-order valence-electron chi connectivity index (χ1n) is 9.05. The van der Waals surface area contributed by atoms with Gasteiger partial charge in [0.1, 0.15) is 5.37 Å². The minimum atomic E-state index is -4.10. The lowest BCUT2D eigenvalue weighted by molar-refractivity contribution is -0.118. The molecule has 0 saturated carbocycles. The molecule has 0 aliphatic carbocycles. The van der Waals surface area contributed by atoms with Crippen molar-refractivity contribution in [3.63, 3.8) is 0 Å². The Morgan fingerprint density at radius 2 is 1.61 bits per heavy atom. The smallest absolute Gasteiger partial charge is 0.281 e. The van der Waals surface area contributed by atoms with Crippen LogP contribution in [0.2, 0.25) is 0 Å². The van der Waals surface area contributed by atoms with Gasteiger partial charge in [0.15, 0.2) is 0 Å². The van der Waals surface area contributed by atoms with Gasteiger partial charge in [-0.2, -0.15) is 16.8 Å². The lowest BCUT2D eigenvalue weighted by atomic mass is 10.1. The van der Waals surface area contributed by atoms with Crippen LogP contribution in [0.1, 0.15) is 60.8 Å². The van der Waals surface area contributed by atoms with Gasteiger partial charge in [0.2, 0.25) is 5.91 Å². The van der Waals surface area contributed by atoms with Gasteiger partial charge in [-0.25, -0.2) is 0 Å². The molecule has 0 aromatic rings. The first-order valence-corrected chi connectivity index (χ1v) is 12.2. The average Bonchev–Trinajstić information content (AvgIpc) is 2.42. The molecule has 0 aliphatic rings. The van der Waals surface area contributed by atoms with E-state index < -0.39 is 42.8 Å². The molecule has 0 fully saturated rings. The van der Waals surface area contributed by atoms with Gasteiger partial charge in [-0.15, -0.1) is 0 Å². The highest BCUT2D eigenvalue weighted by molar-refractivity contribution is 7.86. The molecule has 1 atom stereocenters. The summed E-state index contributed by atoms with van der Waals surface area (Å²) in [5.41, 5.74) is -0.725. The molecule has 1 amide bonds. The summed E-state index contributed by atoms with van der Waals surface area (Å²) in [4.78, 5) is 11.2. The van der Waals surface area contributed by atoms with Crippen LogP contribution in [0, 0.1) is 5.92 Å². The summed E-state index contributed by atoms with van der Waals surface area (Å²) in [5.74, 6) is -1.08. The van der Waals surface area contributed by atoms with Crippen LogP contribution in [0.4, 0.5) is 0 Å². The van der Waals surface area contributed by atoms with Crippen molar-refractivity contribution in [2.24, 2.45) is 5.92 Å². The molecule has 0 bridgehead atoms. The topological polar surface area (TPSA) is 150 Å². The Labute approximate surface area is 169 Å². The third-order valence-electron chi connectivity index (χ3n) is 3.44. The van der Waals surface area contributed by atoms with E-state index in [4.69, 9.17) is 9.11 Å². The summed E-state index contributed by atoms with van der Waals surface area (Å²) in [7, 11) is -8.06. The molecule has 9 nitrogen and oxygen atoms in total. The van der Waals surface area contributed by atoms with Crippen LogP contribution in [0.25, 0.3) is 0 Å². The average molecular weight is 445 g/mol. The fourth-order valence-electron chi connectivity index (χ4n) is 2.21. The highest BCUT2D eigenvalue weighted by Gasteiger charge is 2.27. The van der Waals surface area contributed by atoms with Gasteiger partial charge in [-0.05, 0) is 39.7 Å². The van der Waals surface area contributed by atoms with Crippen molar-refractivity contribution >= 4 is 26.1 Å². The number of carbonyl (C=O) groups excluding carboxylic acids is 1. The molecule has 0 aromatic carbocycles. The van der Waals surface area contributed by atoms with Crippen LogP contribution in [0.15, 0.2) is 12.2 Å². The molecule has 0 rings (SSSR count). The molecule has 28 heavy (non-hydrogen) atoms. The third-order valence-corrected chi connectivity index (χ3v) is 5.87. The Kier molecular flexibility index (Phi) is 13.1. The summed E-state index contributed by atoms with van der Waals surface area (Å²) in [6.45, 7) is 14.2. The zero-order chi connectivity index (χ0) is 22.8. The van der Waals surface area contributed by atoms with Gasteiger partial charge in [-0.3, -0.25) is 19.2 Å². The molecule has 0 heterocycles. The summed E-state index contributed by atoms with van der Waals surface area (Å²) in [5, 5.41) is 4.46. The molecular formula is C17H36N2O7S2. The van der Waals surface area contributed by atoms with Crippen LogP contribution in [0.5, 0.6) is 0 Å². The summed E-state index contributed by atoms with van der Waals surface area (Å²) in [6.07, 6.45) is 3.11.